The molecule has 1 heterocycles. The maximum atomic E-state index is 5.82. The van der Waals surface area contributed by atoms with Gasteiger partial charge in [-0.3, -0.25) is 0 Å². The van der Waals surface area contributed by atoms with Crippen molar-refractivity contribution in [2.45, 2.75) is 73.0 Å². The average Bonchev–Trinajstić information content (AvgIpc) is 2.89. The van der Waals surface area contributed by atoms with Crippen LogP contribution in [0, 0.1) is 5.41 Å². The average molecular weight is 297 g/mol. The van der Waals surface area contributed by atoms with E-state index in [0.29, 0.717) is 24.4 Å². The molecule has 21 heavy (non-hydrogen) atoms. The van der Waals surface area contributed by atoms with E-state index in [9.17, 15) is 0 Å². The predicted molar refractivity (Wildman–Crippen MR) is 84.3 cm³/mol. The van der Waals surface area contributed by atoms with Crippen LogP contribution in [0.4, 0.5) is 0 Å². The van der Waals surface area contributed by atoms with E-state index >= 15 is 0 Å². The minimum Gasteiger partial charge on any atom is -0.370 e. The van der Waals surface area contributed by atoms with Gasteiger partial charge in [-0.05, 0) is 25.3 Å². The number of likely N-dealkylation sites (N-methyl/N-ethyl adjacent to an activating group) is 1. The topological polar surface area (TPSA) is 60.2 Å². The molecule has 0 saturated carbocycles. The van der Waals surface area contributed by atoms with E-state index in [1.54, 1.807) is 0 Å². The van der Waals surface area contributed by atoms with Crippen molar-refractivity contribution in [3.8, 4) is 0 Å². The lowest BCUT2D eigenvalue weighted by Crippen LogP contribution is -2.33. The highest BCUT2D eigenvalue weighted by Crippen LogP contribution is 2.35. The maximum Gasteiger partial charge on any atom is 0.231 e. The number of nitrogens with one attached hydrogen (secondary N) is 1. The summed E-state index contributed by atoms with van der Waals surface area (Å²) in [5.41, 5.74) is -0.0633. The highest BCUT2D eigenvalue weighted by atomic mass is 16.5. The molecular formula is C16H31N3O2. The fraction of sp³-hybridized carbons (Fsp3) is 0.875. The van der Waals surface area contributed by atoms with Gasteiger partial charge in [0, 0.05) is 12.6 Å². The standard InChI is InChI=1S/C16H31N3O2/c1-8-12(17-9-2)11(4)15-18-14(19-21-15)13(20-10-3)16(5,6)7/h11-13,17H,8-10H2,1-7H3. The molecule has 1 aromatic rings. The summed E-state index contributed by atoms with van der Waals surface area (Å²) in [5, 5.41) is 7.63. The lowest BCUT2D eigenvalue weighted by molar-refractivity contribution is -0.0203. The van der Waals surface area contributed by atoms with Crippen molar-refractivity contribution >= 4 is 0 Å². The van der Waals surface area contributed by atoms with E-state index in [0.717, 1.165) is 13.0 Å². The molecule has 0 spiro atoms. The zero-order valence-corrected chi connectivity index (χ0v) is 14.6. The summed E-state index contributed by atoms with van der Waals surface area (Å²) in [6.45, 7) is 16.3. The van der Waals surface area contributed by atoms with Crippen molar-refractivity contribution < 1.29 is 9.26 Å². The molecule has 0 aromatic carbocycles. The SMILES string of the molecule is CCNC(CC)C(C)c1nc(C(OCC)C(C)(C)C)no1. The first-order chi connectivity index (χ1) is 9.85. The van der Waals surface area contributed by atoms with Gasteiger partial charge in [0.25, 0.3) is 0 Å². The molecule has 1 aromatic heterocycles. The van der Waals surface area contributed by atoms with Crippen LogP contribution in [0.3, 0.4) is 0 Å². The van der Waals surface area contributed by atoms with Gasteiger partial charge < -0.3 is 14.6 Å². The first kappa shape index (κ1) is 18.1. The number of nitrogens with zero attached hydrogens (tertiary/aromatic N) is 2. The van der Waals surface area contributed by atoms with Gasteiger partial charge in [-0.25, -0.2) is 0 Å². The summed E-state index contributed by atoms with van der Waals surface area (Å²) >= 11 is 0. The zero-order chi connectivity index (χ0) is 16.0. The maximum absolute atomic E-state index is 5.82. The number of rotatable bonds is 8. The number of hydrogen-bond acceptors (Lipinski definition) is 5. The van der Waals surface area contributed by atoms with Crippen LogP contribution in [0.5, 0.6) is 0 Å². The third kappa shape index (κ3) is 4.78. The van der Waals surface area contributed by atoms with Gasteiger partial charge in [-0.1, -0.05) is 46.7 Å². The van der Waals surface area contributed by atoms with E-state index in [-0.39, 0.29) is 17.4 Å². The Morgan fingerprint density at radius 1 is 1.24 bits per heavy atom. The second-order valence-corrected chi connectivity index (χ2v) is 6.55. The van der Waals surface area contributed by atoms with Gasteiger partial charge in [0.1, 0.15) is 6.10 Å². The summed E-state index contributed by atoms with van der Waals surface area (Å²) < 4.78 is 11.3. The third-order valence-electron chi connectivity index (χ3n) is 3.71. The van der Waals surface area contributed by atoms with Crippen LogP contribution in [0.2, 0.25) is 0 Å². The van der Waals surface area contributed by atoms with Crippen molar-refractivity contribution in [2.24, 2.45) is 5.41 Å². The van der Waals surface area contributed by atoms with Crippen LogP contribution in [0.25, 0.3) is 0 Å². The first-order valence-electron chi connectivity index (χ1n) is 8.03. The van der Waals surface area contributed by atoms with Crippen LogP contribution in [0.15, 0.2) is 4.52 Å². The zero-order valence-electron chi connectivity index (χ0n) is 14.6. The monoisotopic (exact) mass is 297 g/mol. The fourth-order valence-corrected chi connectivity index (χ4v) is 2.53. The molecule has 0 bridgehead atoms. The molecule has 3 atom stereocenters. The highest BCUT2D eigenvalue weighted by molar-refractivity contribution is 5.01. The van der Waals surface area contributed by atoms with E-state index in [1.807, 2.05) is 6.92 Å². The van der Waals surface area contributed by atoms with Crippen LogP contribution >= 0.6 is 0 Å². The molecule has 0 aliphatic heterocycles. The Kier molecular flexibility index (Phi) is 6.81. The first-order valence-corrected chi connectivity index (χ1v) is 8.03. The Hall–Kier alpha value is -0.940. The second kappa shape index (κ2) is 7.90. The van der Waals surface area contributed by atoms with Crippen molar-refractivity contribution in [3.63, 3.8) is 0 Å². The van der Waals surface area contributed by atoms with Gasteiger partial charge in [0.05, 0.1) is 5.92 Å². The van der Waals surface area contributed by atoms with Crippen LogP contribution in [-0.4, -0.2) is 29.3 Å². The van der Waals surface area contributed by atoms with E-state index in [4.69, 9.17) is 9.26 Å². The summed E-state index contributed by atoms with van der Waals surface area (Å²) in [6.07, 6.45) is 0.882. The molecule has 0 fully saturated rings. The highest BCUT2D eigenvalue weighted by Gasteiger charge is 2.32. The van der Waals surface area contributed by atoms with Gasteiger partial charge >= 0.3 is 0 Å². The van der Waals surface area contributed by atoms with Gasteiger partial charge in [-0.2, -0.15) is 4.98 Å². The molecule has 122 valence electrons. The molecule has 1 N–H and O–H groups in total. The van der Waals surface area contributed by atoms with Crippen molar-refractivity contribution in [3.05, 3.63) is 11.7 Å². The third-order valence-corrected chi connectivity index (χ3v) is 3.71. The van der Waals surface area contributed by atoms with E-state index in [1.165, 1.54) is 0 Å². The lowest BCUT2D eigenvalue weighted by Gasteiger charge is -2.27. The Morgan fingerprint density at radius 2 is 1.90 bits per heavy atom. The molecule has 0 radical (unpaired) electrons. The molecule has 0 aliphatic carbocycles. The largest absolute Gasteiger partial charge is 0.370 e. The van der Waals surface area contributed by atoms with Crippen molar-refractivity contribution in [1.29, 1.82) is 0 Å². The molecular weight excluding hydrogens is 266 g/mol. The van der Waals surface area contributed by atoms with Crippen molar-refractivity contribution in [2.75, 3.05) is 13.2 Å². The number of aromatic nitrogens is 2. The van der Waals surface area contributed by atoms with Gasteiger partial charge in [-0.15, -0.1) is 0 Å². The molecule has 0 saturated heterocycles. The summed E-state index contributed by atoms with van der Waals surface area (Å²) in [6, 6.07) is 0.350. The molecule has 1 rings (SSSR count). The van der Waals surface area contributed by atoms with Gasteiger partial charge in [0.15, 0.2) is 0 Å². The minimum absolute atomic E-state index is 0.0633. The number of hydrogen-bond donors (Lipinski definition) is 1. The Balaban J connectivity index is 2.92. The Morgan fingerprint density at radius 3 is 2.38 bits per heavy atom. The predicted octanol–water partition coefficient (Wildman–Crippen LogP) is 3.68. The lowest BCUT2D eigenvalue weighted by atomic mass is 9.88. The molecule has 5 heteroatoms. The second-order valence-electron chi connectivity index (χ2n) is 6.55. The van der Waals surface area contributed by atoms with Crippen LogP contribution in [-0.2, 0) is 4.74 Å². The Labute approximate surface area is 128 Å². The Bertz CT molecular complexity index is 412. The van der Waals surface area contributed by atoms with E-state index < -0.39 is 0 Å². The summed E-state index contributed by atoms with van der Waals surface area (Å²) in [5.74, 6) is 1.53. The number of ether oxygens (including phenoxy) is 1. The summed E-state index contributed by atoms with van der Waals surface area (Å²) in [7, 11) is 0. The minimum atomic E-state index is -0.147. The van der Waals surface area contributed by atoms with Crippen LogP contribution in [0.1, 0.15) is 78.6 Å². The molecule has 0 aliphatic rings. The van der Waals surface area contributed by atoms with Gasteiger partial charge in [0.2, 0.25) is 11.7 Å². The van der Waals surface area contributed by atoms with Crippen molar-refractivity contribution in [1.82, 2.24) is 15.5 Å². The molecule has 5 nitrogen and oxygen atoms in total. The fourth-order valence-electron chi connectivity index (χ4n) is 2.53. The molecule has 3 unspecified atom stereocenters. The summed E-state index contributed by atoms with van der Waals surface area (Å²) in [4.78, 5) is 4.60. The van der Waals surface area contributed by atoms with E-state index in [2.05, 4.69) is 57.0 Å². The normalized spacial score (nSPS) is 16.7. The smallest absolute Gasteiger partial charge is 0.231 e. The molecule has 0 amide bonds. The van der Waals surface area contributed by atoms with Crippen LogP contribution < -0.4 is 5.32 Å². The quantitative estimate of drug-likeness (QED) is 0.793.